The zero-order chi connectivity index (χ0) is 26.7. The van der Waals surface area contributed by atoms with Crippen LogP contribution in [0, 0.1) is 0 Å². The van der Waals surface area contributed by atoms with E-state index in [0.29, 0.717) is 28.0 Å². The third-order valence-electron chi connectivity index (χ3n) is 7.93. The summed E-state index contributed by atoms with van der Waals surface area (Å²) in [6.07, 6.45) is 1.72. The van der Waals surface area contributed by atoms with Crippen LogP contribution in [0.15, 0.2) is 108 Å². The molecule has 1 aliphatic rings. The number of phenols is 2. The molecule has 188 valence electrons. The number of benzene rings is 5. The first-order valence-corrected chi connectivity index (χ1v) is 13.0. The molecule has 4 nitrogen and oxygen atoms in total. The van der Waals surface area contributed by atoms with Gasteiger partial charge in [0.15, 0.2) is 0 Å². The first-order chi connectivity index (χ1) is 18.9. The standard InChI is InChI=1S/C35H26N2O2/c1-35(2)27-14-6-5-13-25(27)32-28(35)18-17-26(34(32)39)33-24-12-4-3-9-22(24)19-23(37-33)20-36-29-15-7-10-21-11-8-16-30(38)31(21)29/h3-20,38-39H,1-2H3. The Morgan fingerprint density at radius 2 is 1.46 bits per heavy atom. The summed E-state index contributed by atoms with van der Waals surface area (Å²) in [6.45, 7) is 4.40. The summed E-state index contributed by atoms with van der Waals surface area (Å²) in [5, 5.41) is 25.8. The van der Waals surface area contributed by atoms with Crippen LogP contribution in [0.1, 0.15) is 30.7 Å². The number of nitrogens with zero attached hydrogens (tertiary/aromatic N) is 2. The van der Waals surface area contributed by atoms with Crippen molar-refractivity contribution in [1.82, 2.24) is 4.98 Å². The zero-order valence-corrected chi connectivity index (χ0v) is 21.7. The molecule has 0 radical (unpaired) electrons. The molecule has 5 aromatic carbocycles. The molecule has 0 saturated heterocycles. The number of aliphatic imine (C=N–C) groups is 1. The van der Waals surface area contributed by atoms with E-state index < -0.39 is 0 Å². The van der Waals surface area contributed by atoms with E-state index in [0.717, 1.165) is 32.8 Å². The Bertz CT molecular complexity index is 1970. The van der Waals surface area contributed by atoms with Crippen molar-refractivity contribution in [2.75, 3.05) is 0 Å². The van der Waals surface area contributed by atoms with Crippen molar-refractivity contribution in [1.29, 1.82) is 0 Å². The molecule has 1 aromatic heterocycles. The second-order valence-electron chi connectivity index (χ2n) is 10.6. The third-order valence-corrected chi connectivity index (χ3v) is 7.93. The maximum Gasteiger partial charge on any atom is 0.133 e. The molecule has 0 amide bonds. The Labute approximate surface area is 226 Å². The average Bonchev–Trinajstić information content (AvgIpc) is 3.19. The highest BCUT2D eigenvalue weighted by molar-refractivity contribution is 6.03. The van der Waals surface area contributed by atoms with Crippen molar-refractivity contribution in [3.63, 3.8) is 0 Å². The van der Waals surface area contributed by atoms with E-state index in [1.165, 1.54) is 5.56 Å². The van der Waals surface area contributed by atoms with E-state index in [1.54, 1.807) is 12.3 Å². The molecule has 39 heavy (non-hydrogen) atoms. The van der Waals surface area contributed by atoms with Crippen LogP contribution >= 0.6 is 0 Å². The van der Waals surface area contributed by atoms with Crippen molar-refractivity contribution < 1.29 is 10.2 Å². The van der Waals surface area contributed by atoms with Gasteiger partial charge in [0.25, 0.3) is 0 Å². The first kappa shape index (κ1) is 23.2. The fourth-order valence-corrected chi connectivity index (χ4v) is 6.00. The minimum Gasteiger partial charge on any atom is -0.507 e. The number of aromatic nitrogens is 1. The Morgan fingerprint density at radius 3 is 2.33 bits per heavy atom. The summed E-state index contributed by atoms with van der Waals surface area (Å²) < 4.78 is 0. The second-order valence-corrected chi connectivity index (χ2v) is 10.6. The Kier molecular flexibility index (Phi) is 5.07. The molecule has 4 heteroatoms. The van der Waals surface area contributed by atoms with Crippen LogP contribution in [0.2, 0.25) is 0 Å². The number of aromatic hydroxyl groups is 2. The smallest absolute Gasteiger partial charge is 0.133 e. The van der Waals surface area contributed by atoms with E-state index >= 15 is 0 Å². The molecular weight excluding hydrogens is 480 g/mol. The van der Waals surface area contributed by atoms with Crippen molar-refractivity contribution >= 4 is 33.4 Å². The summed E-state index contributed by atoms with van der Waals surface area (Å²) in [5.74, 6) is 0.440. The van der Waals surface area contributed by atoms with E-state index in [9.17, 15) is 10.2 Å². The molecule has 0 saturated carbocycles. The van der Waals surface area contributed by atoms with Gasteiger partial charge < -0.3 is 10.2 Å². The van der Waals surface area contributed by atoms with Gasteiger partial charge in [-0.2, -0.15) is 0 Å². The van der Waals surface area contributed by atoms with Crippen LogP contribution in [0.3, 0.4) is 0 Å². The van der Waals surface area contributed by atoms with E-state index in [1.807, 2.05) is 72.8 Å². The van der Waals surface area contributed by atoms with Crippen LogP contribution in [-0.2, 0) is 5.41 Å². The van der Waals surface area contributed by atoms with E-state index in [2.05, 4.69) is 38.1 Å². The maximum absolute atomic E-state index is 11.7. The van der Waals surface area contributed by atoms with Gasteiger partial charge in [0.05, 0.1) is 23.3 Å². The van der Waals surface area contributed by atoms with Crippen molar-refractivity contribution in [3.8, 4) is 33.9 Å². The molecule has 0 bridgehead atoms. The molecule has 0 unspecified atom stereocenters. The SMILES string of the molecule is CC1(C)c2ccccc2-c2c1ccc(-c1nc(C=Nc3cccc4cccc(O)c34)cc3ccccc13)c2O. The highest BCUT2D eigenvalue weighted by Gasteiger charge is 2.37. The monoisotopic (exact) mass is 506 g/mol. The van der Waals surface area contributed by atoms with Gasteiger partial charge in [-0.25, -0.2) is 4.98 Å². The molecule has 7 rings (SSSR count). The van der Waals surface area contributed by atoms with Gasteiger partial charge in [-0.1, -0.05) is 92.7 Å². The molecule has 1 aliphatic carbocycles. The highest BCUT2D eigenvalue weighted by atomic mass is 16.3. The number of pyridine rings is 1. The molecule has 2 N–H and O–H groups in total. The summed E-state index contributed by atoms with van der Waals surface area (Å²) in [7, 11) is 0. The topological polar surface area (TPSA) is 65.7 Å². The van der Waals surface area contributed by atoms with Crippen LogP contribution in [0.5, 0.6) is 11.5 Å². The fraction of sp³-hybridized carbons (Fsp3) is 0.0857. The van der Waals surface area contributed by atoms with Gasteiger partial charge >= 0.3 is 0 Å². The molecule has 0 fully saturated rings. The minimum absolute atomic E-state index is 0.193. The van der Waals surface area contributed by atoms with E-state index in [4.69, 9.17) is 9.98 Å². The fourth-order valence-electron chi connectivity index (χ4n) is 6.00. The summed E-state index contributed by atoms with van der Waals surface area (Å²) in [4.78, 5) is 9.72. The minimum atomic E-state index is -0.198. The largest absolute Gasteiger partial charge is 0.507 e. The lowest BCUT2D eigenvalue weighted by Gasteiger charge is -2.21. The predicted octanol–water partition coefficient (Wildman–Crippen LogP) is 8.52. The number of fused-ring (bicyclic) bond motifs is 5. The molecule has 0 spiro atoms. The average molecular weight is 507 g/mol. The summed E-state index contributed by atoms with van der Waals surface area (Å²) in [5.41, 5.74) is 6.80. The van der Waals surface area contributed by atoms with Crippen LogP contribution in [0.25, 0.3) is 43.9 Å². The van der Waals surface area contributed by atoms with Crippen molar-refractivity contribution in [2.45, 2.75) is 19.3 Å². The first-order valence-electron chi connectivity index (χ1n) is 13.0. The maximum atomic E-state index is 11.7. The Hall–Kier alpha value is -4.96. The molecule has 1 heterocycles. The van der Waals surface area contributed by atoms with E-state index in [-0.39, 0.29) is 16.9 Å². The normalized spacial score (nSPS) is 13.7. The lowest BCUT2D eigenvalue weighted by atomic mass is 9.82. The highest BCUT2D eigenvalue weighted by Crippen LogP contribution is 2.54. The Morgan fingerprint density at radius 1 is 0.718 bits per heavy atom. The Balaban J connectivity index is 1.41. The van der Waals surface area contributed by atoms with Crippen molar-refractivity contribution in [3.05, 3.63) is 120 Å². The van der Waals surface area contributed by atoms with Gasteiger partial charge in [0, 0.05) is 27.3 Å². The molecule has 6 aromatic rings. The number of hydrogen-bond donors (Lipinski definition) is 2. The van der Waals surface area contributed by atoms with Gasteiger partial charge in [0.1, 0.15) is 11.5 Å². The van der Waals surface area contributed by atoms with Gasteiger partial charge in [-0.3, -0.25) is 4.99 Å². The molecular formula is C35H26N2O2. The van der Waals surface area contributed by atoms with Gasteiger partial charge in [0.2, 0.25) is 0 Å². The summed E-state index contributed by atoms with van der Waals surface area (Å²) >= 11 is 0. The predicted molar refractivity (Wildman–Crippen MR) is 159 cm³/mol. The number of hydrogen-bond acceptors (Lipinski definition) is 4. The van der Waals surface area contributed by atoms with Crippen LogP contribution in [-0.4, -0.2) is 21.4 Å². The van der Waals surface area contributed by atoms with Crippen LogP contribution < -0.4 is 0 Å². The summed E-state index contributed by atoms with van der Waals surface area (Å²) in [6, 6.07) is 33.7. The lowest BCUT2D eigenvalue weighted by Crippen LogP contribution is -2.14. The van der Waals surface area contributed by atoms with Gasteiger partial charge in [-0.05, 0) is 51.7 Å². The van der Waals surface area contributed by atoms with Crippen LogP contribution in [0.4, 0.5) is 5.69 Å². The third kappa shape index (κ3) is 3.52. The quantitative estimate of drug-likeness (QED) is 0.236. The molecule has 0 atom stereocenters. The zero-order valence-electron chi connectivity index (χ0n) is 21.7. The number of rotatable bonds is 3. The second kappa shape index (κ2) is 8.53. The lowest BCUT2D eigenvalue weighted by molar-refractivity contribution is 0.478. The van der Waals surface area contributed by atoms with Crippen molar-refractivity contribution in [2.24, 2.45) is 4.99 Å². The van der Waals surface area contributed by atoms with Gasteiger partial charge in [-0.15, -0.1) is 0 Å². The number of phenolic OH excluding ortho intramolecular Hbond substituents is 2. The molecule has 0 aliphatic heterocycles.